The van der Waals surface area contributed by atoms with Crippen LogP contribution in [0.25, 0.3) is 0 Å². The lowest BCUT2D eigenvalue weighted by molar-refractivity contribution is -0.137. The standard InChI is InChI=1S/C18H15F3N2O2/c1-25-16-9-7-13(8-10-16)4-3-11-22-17(24)23-15-6-2-5-14(12-15)18(19,20)21/h2,5-10,12H,11H2,1H3,(H2,22,23,24). The smallest absolute Gasteiger partial charge is 0.416 e. The Morgan fingerprint density at radius 1 is 1.16 bits per heavy atom. The number of anilines is 1. The largest absolute Gasteiger partial charge is 0.497 e. The second-order valence-electron chi connectivity index (χ2n) is 4.92. The Bertz CT molecular complexity index is 790. The minimum atomic E-state index is -4.46. The number of carbonyl (C=O) groups is 1. The molecule has 2 N–H and O–H groups in total. The van der Waals surface area contributed by atoms with Crippen molar-refractivity contribution in [1.29, 1.82) is 0 Å². The summed E-state index contributed by atoms with van der Waals surface area (Å²) in [5, 5.41) is 4.79. The lowest BCUT2D eigenvalue weighted by Crippen LogP contribution is -2.29. The first kappa shape index (κ1) is 18.2. The summed E-state index contributed by atoms with van der Waals surface area (Å²) in [5.41, 5.74) is -0.0269. The zero-order valence-electron chi connectivity index (χ0n) is 13.3. The van der Waals surface area contributed by atoms with E-state index in [4.69, 9.17) is 4.74 Å². The number of nitrogens with one attached hydrogen (secondary N) is 2. The first-order valence-electron chi connectivity index (χ1n) is 7.23. The van der Waals surface area contributed by atoms with Crippen LogP contribution in [0.2, 0.25) is 0 Å². The number of ether oxygens (including phenoxy) is 1. The molecule has 7 heteroatoms. The molecule has 25 heavy (non-hydrogen) atoms. The number of hydrogen-bond acceptors (Lipinski definition) is 2. The number of urea groups is 1. The summed E-state index contributed by atoms with van der Waals surface area (Å²) in [6, 6.07) is 10.8. The Hall–Kier alpha value is -3.14. The molecule has 4 nitrogen and oxygen atoms in total. The van der Waals surface area contributed by atoms with Gasteiger partial charge < -0.3 is 15.4 Å². The Balaban J connectivity index is 1.86. The lowest BCUT2D eigenvalue weighted by atomic mass is 10.2. The maximum atomic E-state index is 12.6. The highest BCUT2D eigenvalue weighted by Gasteiger charge is 2.30. The van der Waals surface area contributed by atoms with E-state index < -0.39 is 17.8 Å². The zero-order chi connectivity index (χ0) is 18.3. The van der Waals surface area contributed by atoms with E-state index in [1.54, 1.807) is 31.4 Å². The minimum absolute atomic E-state index is 0.0513. The molecule has 0 fully saturated rings. The Morgan fingerprint density at radius 3 is 2.52 bits per heavy atom. The number of halogens is 3. The van der Waals surface area contributed by atoms with E-state index >= 15 is 0 Å². The van der Waals surface area contributed by atoms with Crippen LogP contribution in [0.1, 0.15) is 11.1 Å². The predicted octanol–water partition coefficient (Wildman–Crippen LogP) is 3.89. The predicted molar refractivity (Wildman–Crippen MR) is 88.3 cm³/mol. The molecule has 0 heterocycles. The molecular formula is C18H15F3N2O2. The topological polar surface area (TPSA) is 50.4 Å². The van der Waals surface area contributed by atoms with Crippen LogP contribution in [-0.4, -0.2) is 19.7 Å². The SMILES string of the molecule is COc1ccc(C#CCNC(=O)Nc2cccc(C(F)(F)F)c2)cc1. The highest BCUT2D eigenvalue weighted by molar-refractivity contribution is 5.89. The van der Waals surface area contributed by atoms with Crippen molar-refractivity contribution in [3.63, 3.8) is 0 Å². The fraction of sp³-hybridized carbons (Fsp3) is 0.167. The van der Waals surface area contributed by atoms with Gasteiger partial charge in [0.25, 0.3) is 0 Å². The fourth-order valence-electron chi connectivity index (χ4n) is 1.89. The van der Waals surface area contributed by atoms with E-state index in [1.165, 1.54) is 12.1 Å². The maximum absolute atomic E-state index is 12.6. The van der Waals surface area contributed by atoms with Crippen LogP contribution in [0.5, 0.6) is 5.75 Å². The summed E-state index contributed by atoms with van der Waals surface area (Å²) in [6.45, 7) is 0.0524. The molecule has 0 saturated carbocycles. The molecule has 0 bridgehead atoms. The fourth-order valence-corrected chi connectivity index (χ4v) is 1.89. The molecule has 0 saturated heterocycles. The highest BCUT2D eigenvalue weighted by atomic mass is 19.4. The van der Waals surface area contributed by atoms with Crippen LogP contribution in [-0.2, 0) is 6.18 Å². The Kier molecular flexibility index (Phi) is 5.90. The number of methoxy groups -OCH3 is 1. The Morgan fingerprint density at radius 2 is 1.88 bits per heavy atom. The van der Waals surface area contributed by atoms with Crippen LogP contribution in [0.4, 0.5) is 23.7 Å². The number of hydrogen-bond donors (Lipinski definition) is 2. The van der Waals surface area contributed by atoms with E-state index in [2.05, 4.69) is 22.5 Å². The molecule has 0 radical (unpaired) electrons. The molecule has 2 amide bonds. The first-order chi connectivity index (χ1) is 11.9. The van der Waals surface area contributed by atoms with Crippen molar-refractivity contribution < 1.29 is 22.7 Å². The summed E-state index contributed by atoms with van der Waals surface area (Å²) in [6.07, 6.45) is -4.46. The van der Waals surface area contributed by atoms with E-state index in [1.807, 2.05) is 0 Å². The van der Waals surface area contributed by atoms with E-state index in [0.717, 1.165) is 17.7 Å². The van der Waals surface area contributed by atoms with Gasteiger partial charge in [-0.15, -0.1) is 0 Å². The van der Waals surface area contributed by atoms with Gasteiger partial charge in [0.2, 0.25) is 0 Å². The molecule has 2 aromatic rings. The number of benzene rings is 2. The van der Waals surface area contributed by atoms with Crippen molar-refractivity contribution in [1.82, 2.24) is 5.32 Å². The molecule has 0 spiro atoms. The monoisotopic (exact) mass is 348 g/mol. The van der Waals surface area contributed by atoms with Crippen LogP contribution >= 0.6 is 0 Å². The molecule has 0 aliphatic carbocycles. The zero-order valence-corrected chi connectivity index (χ0v) is 13.3. The molecule has 0 aliphatic rings. The van der Waals surface area contributed by atoms with Gasteiger partial charge in [-0.05, 0) is 42.5 Å². The normalized spacial score (nSPS) is 10.4. The summed E-state index contributed by atoms with van der Waals surface area (Å²) >= 11 is 0. The second kappa shape index (κ2) is 8.11. The summed E-state index contributed by atoms with van der Waals surface area (Å²) in [5.74, 6) is 6.31. The molecular weight excluding hydrogens is 333 g/mol. The van der Waals surface area contributed by atoms with Crippen LogP contribution in [0.15, 0.2) is 48.5 Å². The Labute approximate surface area is 143 Å². The van der Waals surface area contributed by atoms with Crippen LogP contribution in [0.3, 0.4) is 0 Å². The van der Waals surface area contributed by atoms with Crippen molar-refractivity contribution in [2.24, 2.45) is 0 Å². The van der Waals surface area contributed by atoms with Gasteiger partial charge in [0.05, 0.1) is 19.2 Å². The summed E-state index contributed by atoms with van der Waals surface area (Å²) in [4.78, 5) is 11.7. The molecule has 2 rings (SSSR count). The van der Waals surface area contributed by atoms with Gasteiger partial charge in [-0.25, -0.2) is 4.79 Å². The quantitative estimate of drug-likeness (QED) is 0.827. The number of carbonyl (C=O) groups excluding carboxylic acids is 1. The van der Waals surface area contributed by atoms with E-state index in [9.17, 15) is 18.0 Å². The van der Waals surface area contributed by atoms with Gasteiger partial charge in [0, 0.05) is 11.3 Å². The third-order valence-electron chi connectivity index (χ3n) is 3.11. The van der Waals surface area contributed by atoms with Crippen LogP contribution in [0, 0.1) is 11.8 Å². The summed E-state index contributed by atoms with van der Waals surface area (Å²) in [7, 11) is 1.56. The van der Waals surface area contributed by atoms with Crippen molar-refractivity contribution in [2.45, 2.75) is 6.18 Å². The molecule has 130 valence electrons. The molecule has 0 aromatic heterocycles. The molecule has 0 unspecified atom stereocenters. The lowest BCUT2D eigenvalue weighted by Gasteiger charge is -2.09. The number of amides is 2. The van der Waals surface area contributed by atoms with Crippen molar-refractivity contribution in [2.75, 3.05) is 19.0 Å². The van der Waals surface area contributed by atoms with Gasteiger partial charge >= 0.3 is 12.2 Å². The molecule has 2 aromatic carbocycles. The van der Waals surface area contributed by atoms with Gasteiger partial charge in [-0.3, -0.25) is 0 Å². The second-order valence-corrected chi connectivity index (χ2v) is 4.92. The maximum Gasteiger partial charge on any atom is 0.416 e. The van der Waals surface area contributed by atoms with Crippen molar-refractivity contribution in [3.05, 3.63) is 59.7 Å². The van der Waals surface area contributed by atoms with Gasteiger partial charge in [0.1, 0.15) is 5.75 Å². The number of alkyl halides is 3. The van der Waals surface area contributed by atoms with E-state index in [0.29, 0.717) is 5.75 Å². The summed E-state index contributed by atoms with van der Waals surface area (Å²) < 4.78 is 42.9. The minimum Gasteiger partial charge on any atom is -0.497 e. The third kappa shape index (κ3) is 5.77. The average molecular weight is 348 g/mol. The van der Waals surface area contributed by atoms with Crippen molar-refractivity contribution >= 4 is 11.7 Å². The van der Waals surface area contributed by atoms with Crippen LogP contribution < -0.4 is 15.4 Å². The molecule has 0 atom stereocenters. The average Bonchev–Trinajstić information content (AvgIpc) is 2.59. The third-order valence-corrected chi connectivity index (χ3v) is 3.11. The highest BCUT2D eigenvalue weighted by Crippen LogP contribution is 2.30. The first-order valence-corrected chi connectivity index (χ1v) is 7.23. The molecule has 0 aliphatic heterocycles. The number of rotatable bonds is 3. The van der Waals surface area contributed by atoms with Gasteiger partial charge in [-0.1, -0.05) is 17.9 Å². The van der Waals surface area contributed by atoms with Gasteiger partial charge in [0.15, 0.2) is 0 Å². The van der Waals surface area contributed by atoms with Gasteiger partial charge in [-0.2, -0.15) is 13.2 Å². The van der Waals surface area contributed by atoms with Crippen molar-refractivity contribution in [3.8, 4) is 17.6 Å². The van der Waals surface area contributed by atoms with E-state index in [-0.39, 0.29) is 12.2 Å².